The molecule has 0 amide bonds. The quantitative estimate of drug-likeness (QED) is 0.573. The molecule has 1 aliphatic carbocycles. The van der Waals surface area contributed by atoms with Crippen LogP contribution in [0.2, 0.25) is 0 Å². The summed E-state index contributed by atoms with van der Waals surface area (Å²) in [6.45, 7) is 6.93. The Morgan fingerprint density at radius 3 is 2.65 bits per heavy atom. The molecule has 0 unspecified atom stereocenters. The fraction of sp³-hybridized carbons (Fsp3) is 0.769. The van der Waals surface area contributed by atoms with Crippen LogP contribution < -0.4 is 5.32 Å². The van der Waals surface area contributed by atoms with Crippen LogP contribution in [0.4, 0.5) is 0 Å². The van der Waals surface area contributed by atoms with Crippen molar-refractivity contribution >= 4 is 5.97 Å². The van der Waals surface area contributed by atoms with Gasteiger partial charge in [0.2, 0.25) is 0 Å². The first-order valence-corrected chi connectivity index (χ1v) is 5.84. The van der Waals surface area contributed by atoms with E-state index in [0.29, 0.717) is 19.6 Å². The van der Waals surface area contributed by atoms with Crippen LogP contribution in [0, 0.1) is 17.8 Å². The van der Waals surface area contributed by atoms with E-state index in [1.807, 2.05) is 20.8 Å². The molecule has 0 aromatic rings. The minimum atomic E-state index is -0.728. The number of carbonyl (C=O) groups is 1. The van der Waals surface area contributed by atoms with Crippen LogP contribution in [0.3, 0.4) is 0 Å². The number of nitrogens with one attached hydrogen (secondary N) is 1. The first kappa shape index (κ1) is 14.0. The first-order valence-electron chi connectivity index (χ1n) is 5.84. The van der Waals surface area contributed by atoms with E-state index in [4.69, 9.17) is 15.9 Å². The maximum atomic E-state index is 12.0. The van der Waals surface area contributed by atoms with Crippen molar-refractivity contribution in [3.63, 3.8) is 0 Å². The molecule has 1 N–H and O–H groups in total. The maximum absolute atomic E-state index is 12.0. The minimum absolute atomic E-state index is 0.0527. The molecule has 0 aliphatic heterocycles. The van der Waals surface area contributed by atoms with Gasteiger partial charge in [-0.25, -0.2) is 0 Å². The Hall–Kier alpha value is -1.05. The molecule has 4 nitrogen and oxygen atoms in total. The van der Waals surface area contributed by atoms with Crippen molar-refractivity contribution in [3.05, 3.63) is 0 Å². The average Bonchev–Trinajstić information content (AvgIpc) is 2.31. The summed E-state index contributed by atoms with van der Waals surface area (Å²) in [7, 11) is 1.39. The van der Waals surface area contributed by atoms with Crippen molar-refractivity contribution in [2.24, 2.45) is 5.41 Å². The second-order valence-corrected chi connectivity index (χ2v) is 4.82. The second kappa shape index (κ2) is 5.07. The van der Waals surface area contributed by atoms with Crippen molar-refractivity contribution in [2.45, 2.75) is 38.8 Å². The lowest BCUT2D eigenvalue weighted by atomic mass is 9.54. The number of rotatable bonds is 5. The smallest absolute Gasteiger partial charge is 0.326 e. The van der Waals surface area contributed by atoms with Crippen LogP contribution in [-0.4, -0.2) is 37.9 Å². The minimum Gasteiger partial charge on any atom is -0.468 e. The molecule has 0 saturated heterocycles. The van der Waals surface area contributed by atoms with Gasteiger partial charge in [0.25, 0.3) is 0 Å². The van der Waals surface area contributed by atoms with Gasteiger partial charge in [0.05, 0.1) is 19.8 Å². The zero-order valence-electron chi connectivity index (χ0n) is 11.0. The van der Waals surface area contributed by atoms with Crippen molar-refractivity contribution in [1.29, 1.82) is 0 Å². The number of carbonyl (C=O) groups excluding carboxylic acids is 1. The largest absolute Gasteiger partial charge is 0.468 e. The topological polar surface area (TPSA) is 47.6 Å². The highest BCUT2D eigenvalue weighted by Crippen LogP contribution is 2.51. The number of hydrogen-bond acceptors (Lipinski definition) is 4. The molecule has 96 valence electrons. The third-order valence-electron chi connectivity index (χ3n) is 3.79. The van der Waals surface area contributed by atoms with E-state index < -0.39 is 5.54 Å². The lowest BCUT2D eigenvalue weighted by Gasteiger charge is -2.58. The van der Waals surface area contributed by atoms with E-state index >= 15 is 0 Å². The van der Waals surface area contributed by atoms with Gasteiger partial charge in [0.1, 0.15) is 5.54 Å². The maximum Gasteiger partial charge on any atom is 0.326 e. The van der Waals surface area contributed by atoms with Gasteiger partial charge in [-0.3, -0.25) is 10.1 Å². The lowest BCUT2D eigenvalue weighted by molar-refractivity contribution is -0.195. The normalized spacial score (nSPS) is 30.2. The van der Waals surface area contributed by atoms with Crippen molar-refractivity contribution in [3.8, 4) is 12.3 Å². The number of methoxy groups -OCH3 is 1. The molecule has 1 aliphatic rings. The molecule has 0 aromatic heterocycles. The standard InChI is InChI=1S/C13H21NO3/c1-6-8-14-13(11(15)16-5)9-10(17-7-2)12(13,3)4/h1,10,14H,7-9H2,2-5H3/t10-,13+/m0/s1. The summed E-state index contributed by atoms with van der Waals surface area (Å²) in [6, 6.07) is 0. The predicted octanol–water partition coefficient (Wildman–Crippen LogP) is 0.956. The molecule has 0 aromatic carbocycles. The Morgan fingerprint density at radius 2 is 2.24 bits per heavy atom. The number of terminal acetylenes is 1. The summed E-state index contributed by atoms with van der Waals surface area (Å²) in [4.78, 5) is 12.0. The fourth-order valence-electron chi connectivity index (χ4n) is 2.50. The van der Waals surface area contributed by atoms with Gasteiger partial charge in [-0.1, -0.05) is 19.8 Å². The molecule has 1 fully saturated rings. The van der Waals surface area contributed by atoms with E-state index in [9.17, 15) is 4.79 Å². The Kier molecular flexibility index (Phi) is 4.18. The fourth-order valence-corrected chi connectivity index (χ4v) is 2.50. The van der Waals surface area contributed by atoms with Crippen LogP contribution in [0.1, 0.15) is 27.2 Å². The van der Waals surface area contributed by atoms with Crippen molar-refractivity contribution in [2.75, 3.05) is 20.3 Å². The Bertz CT molecular complexity index is 332. The molecule has 0 radical (unpaired) electrons. The average molecular weight is 239 g/mol. The number of hydrogen-bond donors (Lipinski definition) is 1. The van der Waals surface area contributed by atoms with Crippen LogP contribution in [0.5, 0.6) is 0 Å². The molecule has 0 heterocycles. The molecule has 0 spiro atoms. The van der Waals surface area contributed by atoms with Gasteiger partial charge in [0.15, 0.2) is 0 Å². The molecule has 1 saturated carbocycles. The summed E-state index contributed by atoms with van der Waals surface area (Å²) in [6.07, 6.45) is 5.89. The van der Waals surface area contributed by atoms with Crippen LogP contribution >= 0.6 is 0 Å². The molecule has 2 atom stereocenters. The van der Waals surface area contributed by atoms with Gasteiger partial charge in [-0.05, 0) is 6.92 Å². The number of esters is 1. The highest BCUT2D eigenvalue weighted by molar-refractivity contribution is 5.84. The van der Waals surface area contributed by atoms with E-state index in [1.165, 1.54) is 7.11 Å². The first-order chi connectivity index (χ1) is 7.96. The Balaban J connectivity index is 2.88. The zero-order chi connectivity index (χ0) is 13.1. The summed E-state index contributed by atoms with van der Waals surface area (Å²) < 4.78 is 10.5. The van der Waals surface area contributed by atoms with Crippen LogP contribution in [0.15, 0.2) is 0 Å². The third kappa shape index (κ3) is 2.05. The molecular weight excluding hydrogens is 218 g/mol. The molecule has 1 rings (SSSR count). The SMILES string of the molecule is C#CCN[C@@]1(C(=O)OC)C[C@H](OCC)C1(C)C. The third-order valence-corrected chi connectivity index (χ3v) is 3.79. The Labute approximate surface area is 103 Å². The monoisotopic (exact) mass is 239 g/mol. The van der Waals surface area contributed by atoms with Gasteiger partial charge in [-0.15, -0.1) is 6.42 Å². The zero-order valence-corrected chi connectivity index (χ0v) is 11.0. The van der Waals surface area contributed by atoms with Gasteiger partial charge in [0, 0.05) is 18.4 Å². The van der Waals surface area contributed by atoms with Gasteiger partial charge in [-0.2, -0.15) is 0 Å². The highest BCUT2D eigenvalue weighted by atomic mass is 16.5. The van der Waals surface area contributed by atoms with Gasteiger partial charge >= 0.3 is 5.97 Å². The summed E-state index contributed by atoms with van der Waals surface area (Å²) in [5.41, 5.74) is -1.05. The van der Waals surface area contributed by atoms with Crippen LogP contribution in [-0.2, 0) is 14.3 Å². The van der Waals surface area contributed by atoms with E-state index in [2.05, 4.69) is 11.2 Å². The van der Waals surface area contributed by atoms with Gasteiger partial charge < -0.3 is 9.47 Å². The lowest BCUT2D eigenvalue weighted by Crippen LogP contribution is -2.75. The predicted molar refractivity (Wildman–Crippen MR) is 65.4 cm³/mol. The molecular formula is C13H21NO3. The molecule has 0 bridgehead atoms. The van der Waals surface area contributed by atoms with Crippen molar-refractivity contribution in [1.82, 2.24) is 5.32 Å². The summed E-state index contributed by atoms with van der Waals surface area (Å²) >= 11 is 0. The van der Waals surface area contributed by atoms with E-state index in [-0.39, 0.29) is 17.5 Å². The summed E-state index contributed by atoms with van der Waals surface area (Å²) in [5, 5.41) is 3.12. The molecule has 4 heteroatoms. The van der Waals surface area contributed by atoms with Crippen molar-refractivity contribution < 1.29 is 14.3 Å². The number of ether oxygens (including phenoxy) is 2. The second-order valence-electron chi connectivity index (χ2n) is 4.82. The molecule has 17 heavy (non-hydrogen) atoms. The summed E-state index contributed by atoms with van der Waals surface area (Å²) in [5.74, 6) is 2.23. The van der Waals surface area contributed by atoms with Crippen LogP contribution in [0.25, 0.3) is 0 Å². The van der Waals surface area contributed by atoms with E-state index in [0.717, 1.165) is 0 Å². The highest BCUT2D eigenvalue weighted by Gasteiger charge is 2.65. The van der Waals surface area contributed by atoms with E-state index in [1.54, 1.807) is 0 Å². The Morgan fingerprint density at radius 1 is 1.59 bits per heavy atom.